The third-order valence-corrected chi connectivity index (χ3v) is 5.61. The number of aryl methyl sites for hydroxylation is 2. The van der Waals surface area contributed by atoms with Crippen LogP contribution in [0.3, 0.4) is 0 Å². The Morgan fingerprint density at radius 3 is 2.48 bits per heavy atom. The summed E-state index contributed by atoms with van der Waals surface area (Å²) >= 11 is 3.56. The Kier molecular flexibility index (Phi) is 3.98. The Labute approximate surface area is 135 Å². The molecule has 21 heavy (non-hydrogen) atoms. The molecular weight excluding hydrogens is 326 g/mol. The standard InChI is InChI=1S/C17H22BrN3/c1-10-7-12(18)8-11(2)16(10)21-15-6-4-3-5-13(15)14(9-19)17(21)20/h7-8,13-15,17H,3-6,20H2,1-2H3. The summed E-state index contributed by atoms with van der Waals surface area (Å²) in [4.78, 5) is 2.36. The lowest BCUT2D eigenvalue weighted by molar-refractivity contribution is 0.307. The van der Waals surface area contributed by atoms with E-state index in [0.717, 1.165) is 17.3 Å². The van der Waals surface area contributed by atoms with Crippen LogP contribution in [-0.2, 0) is 0 Å². The maximum atomic E-state index is 9.56. The molecule has 1 saturated carbocycles. The molecule has 0 aromatic heterocycles. The molecule has 3 nitrogen and oxygen atoms in total. The van der Waals surface area contributed by atoms with Gasteiger partial charge in [-0.25, -0.2) is 0 Å². The topological polar surface area (TPSA) is 53.0 Å². The Bertz CT molecular complexity index is 569. The first kappa shape index (κ1) is 14.9. The molecule has 2 N–H and O–H groups in total. The van der Waals surface area contributed by atoms with Gasteiger partial charge in [-0.05, 0) is 55.9 Å². The SMILES string of the molecule is Cc1cc(Br)cc(C)c1N1C(N)C(C#N)C2CCCCC21. The van der Waals surface area contributed by atoms with E-state index in [-0.39, 0.29) is 12.1 Å². The number of nitriles is 1. The summed E-state index contributed by atoms with van der Waals surface area (Å²) in [7, 11) is 0. The number of rotatable bonds is 1. The van der Waals surface area contributed by atoms with Crippen molar-refractivity contribution in [2.45, 2.75) is 51.7 Å². The zero-order chi connectivity index (χ0) is 15.1. The molecule has 0 bridgehead atoms. The molecule has 4 atom stereocenters. The van der Waals surface area contributed by atoms with Gasteiger partial charge in [0.2, 0.25) is 0 Å². The van der Waals surface area contributed by atoms with Gasteiger partial charge in [-0.15, -0.1) is 0 Å². The molecule has 1 aromatic carbocycles. The van der Waals surface area contributed by atoms with E-state index in [1.807, 2.05) is 0 Å². The van der Waals surface area contributed by atoms with E-state index in [1.165, 1.54) is 29.7 Å². The second-order valence-electron chi connectivity index (χ2n) is 6.46. The third-order valence-electron chi connectivity index (χ3n) is 5.15. The first-order chi connectivity index (χ1) is 10.0. The molecule has 1 heterocycles. The highest BCUT2D eigenvalue weighted by atomic mass is 79.9. The summed E-state index contributed by atoms with van der Waals surface area (Å²) in [5.74, 6) is 0.388. The van der Waals surface area contributed by atoms with Crippen molar-refractivity contribution in [3.8, 4) is 6.07 Å². The van der Waals surface area contributed by atoms with Crippen molar-refractivity contribution in [3.63, 3.8) is 0 Å². The van der Waals surface area contributed by atoms with E-state index in [2.05, 4.69) is 52.9 Å². The minimum absolute atomic E-state index is 0.0438. The van der Waals surface area contributed by atoms with Crippen LogP contribution in [-0.4, -0.2) is 12.2 Å². The molecule has 1 saturated heterocycles. The average molecular weight is 348 g/mol. The predicted molar refractivity (Wildman–Crippen MR) is 88.9 cm³/mol. The van der Waals surface area contributed by atoms with Crippen LogP contribution < -0.4 is 10.6 Å². The van der Waals surface area contributed by atoms with Gasteiger partial charge < -0.3 is 10.6 Å². The normalized spacial score (nSPS) is 31.9. The van der Waals surface area contributed by atoms with Gasteiger partial charge in [0.05, 0.1) is 18.2 Å². The summed E-state index contributed by atoms with van der Waals surface area (Å²) in [6.45, 7) is 4.27. The highest BCUT2D eigenvalue weighted by Gasteiger charge is 2.48. The molecule has 2 fully saturated rings. The molecule has 4 unspecified atom stereocenters. The van der Waals surface area contributed by atoms with Gasteiger partial charge in [0.25, 0.3) is 0 Å². The van der Waals surface area contributed by atoms with Crippen molar-refractivity contribution in [1.29, 1.82) is 5.26 Å². The first-order valence-electron chi connectivity index (χ1n) is 7.75. The molecule has 0 radical (unpaired) electrons. The number of hydrogen-bond donors (Lipinski definition) is 1. The number of nitrogens with two attached hydrogens (primary N) is 1. The third kappa shape index (κ3) is 2.37. The van der Waals surface area contributed by atoms with Gasteiger partial charge in [-0.2, -0.15) is 5.26 Å². The summed E-state index contributed by atoms with van der Waals surface area (Å²) in [5.41, 5.74) is 10.2. The number of fused-ring (bicyclic) bond motifs is 1. The van der Waals surface area contributed by atoms with Crippen molar-refractivity contribution in [2.24, 2.45) is 17.6 Å². The summed E-state index contributed by atoms with van der Waals surface area (Å²) in [5, 5.41) is 9.56. The van der Waals surface area contributed by atoms with Crippen molar-refractivity contribution in [1.82, 2.24) is 0 Å². The lowest BCUT2D eigenvalue weighted by atomic mass is 9.80. The summed E-state index contributed by atoms with van der Waals surface area (Å²) in [6, 6.07) is 7.21. The minimum atomic E-state index is -0.179. The Morgan fingerprint density at radius 1 is 1.24 bits per heavy atom. The molecule has 1 aliphatic heterocycles. The molecule has 2 aliphatic rings. The fourth-order valence-corrected chi connectivity index (χ4v) is 5.04. The molecule has 112 valence electrons. The van der Waals surface area contributed by atoms with Crippen LogP contribution in [0.5, 0.6) is 0 Å². The maximum Gasteiger partial charge on any atom is 0.0938 e. The molecule has 0 amide bonds. The average Bonchev–Trinajstić information content (AvgIpc) is 2.70. The minimum Gasteiger partial charge on any atom is -0.351 e. The van der Waals surface area contributed by atoms with Crippen LogP contribution in [0.1, 0.15) is 36.8 Å². The Hall–Kier alpha value is -1.05. The van der Waals surface area contributed by atoms with Gasteiger partial charge in [0.1, 0.15) is 0 Å². The van der Waals surface area contributed by atoms with E-state index >= 15 is 0 Å². The summed E-state index contributed by atoms with van der Waals surface area (Å²) in [6.07, 6.45) is 4.60. The van der Waals surface area contributed by atoms with Gasteiger partial charge in [-0.3, -0.25) is 0 Å². The quantitative estimate of drug-likeness (QED) is 0.838. The fraction of sp³-hybridized carbons (Fsp3) is 0.588. The smallest absolute Gasteiger partial charge is 0.0938 e. The van der Waals surface area contributed by atoms with Crippen LogP contribution >= 0.6 is 15.9 Å². The predicted octanol–water partition coefficient (Wildman–Crippen LogP) is 3.87. The molecule has 1 aromatic rings. The van der Waals surface area contributed by atoms with Crippen LogP contribution in [0.15, 0.2) is 16.6 Å². The second kappa shape index (κ2) is 5.62. The van der Waals surface area contributed by atoms with Crippen LogP contribution in [0.4, 0.5) is 5.69 Å². The van der Waals surface area contributed by atoms with E-state index in [1.54, 1.807) is 0 Å². The molecule has 0 spiro atoms. The fourth-order valence-electron chi connectivity index (χ4n) is 4.35. The highest BCUT2D eigenvalue weighted by Crippen LogP contribution is 2.46. The van der Waals surface area contributed by atoms with E-state index in [0.29, 0.717) is 12.0 Å². The van der Waals surface area contributed by atoms with Crippen molar-refractivity contribution >= 4 is 21.6 Å². The highest BCUT2D eigenvalue weighted by molar-refractivity contribution is 9.10. The number of nitrogens with zero attached hydrogens (tertiary/aromatic N) is 2. The molecule has 4 heteroatoms. The van der Waals surface area contributed by atoms with Crippen molar-refractivity contribution < 1.29 is 0 Å². The number of anilines is 1. The largest absolute Gasteiger partial charge is 0.351 e. The van der Waals surface area contributed by atoms with E-state index < -0.39 is 0 Å². The van der Waals surface area contributed by atoms with E-state index in [9.17, 15) is 5.26 Å². The molecular formula is C17H22BrN3. The van der Waals surface area contributed by atoms with E-state index in [4.69, 9.17) is 5.73 Å². The number of hydrogen-bond acceptors (Lipinski definition) is 3. The van der Waals surface area contributed by atoms with Gasteiger partial charge >= 0.3 is 0 Å². The number of benzene rings is 1. The first-order valence-corrected chi connectivity index (χ1v) is 8.54. The maximum absolute atomic E-state index is 9.56. The van der Waals surface area contributed by atoms with Gasteiger partial charge in [-0.1, -0.05) is 28.8 Å². The van der Waals surface area contributed by atoms with Crippen LogP contribution in [0.25, 0.3) is 0 Å². The van der Waals surface area contributed by atoms with Crippen molar-refractivity contribution in [2.75, 3.05) is 4.90 Å². The summed E-state index contributed by atoms with van der Waals surface area (Å²) < 4.78 is 1.10. The molecule has 3 rings (SSSR count). The number of halogens is 1. The zero-order valence-corrected chi connectivity index (χ0v) is 14.2. The van der Waals surface area contributed by atoms with Crippen molar-refractivity contribution in [3.05, 3.63) is 27.7 Å². The monoisotopic (exact) mass is 347 g/mol. The Morgan fingerprint density at radius 2 is 1.86 bits per heavy atom. The Balaban J connectivity index is 2.07. The second-order valence-corrected chi connectivity index (χ2v) is 7.37. The lowest BCUT2D eigenvalue weighted by Gasteiger charge is -2.36. The van der Waals surface area contributed by atoms with Crippen LogP contribution in [0.2, 0.25) is 0 Å². The molecule has 1 aliphatic carbocycles. The van der Waals surface area contributed by atoms with Gasteiger partial charge in [0, 0.05) is 16.2 Å². The van der Waals surface area contributed by atoms with Crippen LogP contribution in [0, 0.1) is 37.0 Å². The lowest BCUT2D eigenvalue weighted by Crippen LogP contribution is -2.44. The van der Waals surface area contributed by atoms with Gasteiger partial charge in [0.15, 0.2) is 0 Å². The zero-order valence-electron chi connectivity index (χ0n) is 12.6.